The highest BCUT2D eigenvalue weighted by Gasteiger charge is 2.25. The lowest BCUT2D eigenvalue weighted by Crippen LogP contribution is -2.35. The Morgan fingerprint density at radius 3 is 2.78 bits per heavy atom. The Morgan fingerprint density at radius 2 is 2.04 bits per heavy atom. The maximum atomic E-state index is 12.6. The second kappa shape index (κ2) is 7.86. The van der Waals surface area contributed by atoms with Crippen molar-refractivity contribution in [2.24, 2.45) is 5.92 Å². The van der Waals surface area contributed by atoms with Gasteiger partial charge in [-0.25, -0.2) is 4.79 Å². The zero-order valence-corrected chi connectivity index (χ0v) is 16.2. The van der Waals surface area contributed by atoms with Crippen LogP contribution in [0.25, 0.3) is 0 Å². The van der Waals surface area contributed by atoms with Crippen LogP contribution in [-0.2, 0) is 11.2 Å². The number of fused-ring (bicyclic) bond motifs is 1. The van der Waals surface area contributed by atoms with Gasteiger partial charge in [-0.15, -0.1) is 0 Å². The monoisotopic (exact) mass is 370 g/mol. The quantitative estimate of drug-likeness (QED) is 0.792. The molecule has 3 rings (SSSR count). The molecule has 1 aromatic heterocycles. The van der Waals surface area contributed by atoms with E-state index in [0.29, 0.717) is 35.7 Å². The number of carbonyl (C=O) groups excluding carboxylic acids is 2. The minimum absolute atomic E-state index is 0.211. The van der Waals surface area contributed by atoms with Crippen LogP contribution in [0, 0.1) is 19.8 Å². The smallest absolute Gasteiger partial charge is 0.340 e. The first-order valence-corrected chi connectivity index (χ1v) is 9.25. The van der Waals surface area contributed by atoms with E-state index in [1.165, 1.54) is 0 Å². The summed E-state index contributed by atoms with van der Waals surface area (Å²) in [6.07, 6.45) is 0.656. The van der Waals surface area contributed by atoms with Crippen LogP contribution in [-0.4, -0.2) is 36.1 Å². The van der Waals surface area contributed by atoms with E-state index in [9.17, 15) is 9.59 Å². The van der Waals surface area contributed by atoms with Crippen LogP contribution < -0.4 is 10.1 Å². The van der Waals surface area contributed by atoms with Gasteiger partial charge < -0.3 is 19.8 Å². The number of hydrogen-bond acceptors (Lipinski definition) is 4. The number of aromatic amines is 1. The number of hydrogen-bond donors (Lipinski definition) is 2. The number of ether oxygens (including phenoxy) is 2. The van der Waals surface area contributed by atoms with Crippen LogP contribution in [0.3, 0.4) is 0 Å². The second-order valence-corrected chi connectivity index (χ2v) is 7.28. The van der Waals surface area contributed by atoms with Gasteiger partial charge in [-0.1, -0.05) is 18.2 Å². The van der Waals surface area contributed by atoms with Gasteiger partial charge >= 0.3 is 5.97 Å². The van der Waals surface area contributed by atoms with Gasteiger partial charge in [0.1, 0.15) is 11.4 Å². The molecule has 0 bridgehead atoms. The minimum Gasteiger partial charge on any atom is -0.493 e. The molecular formula is C21H26N2O4. The Kier molecular flexibility index (Phi) is 5.54. The average Bonchev–Trinajstić information content (AvgIpc) is 2.93. The van der Waals surface area contributed by atoms with E-state index in [4.69, 9.17) is 9.47 Å². The van der Waals surface area contributed by atoms with Crippen LogP contribution in [0.1, 0.15) is 51.5 Å². The first kappa shape index (κ1) is 19.0. The fourth-order valence-corrected chi connectivity index (χ4v) is 3.40. The number of benzene rings is 1. The standard InChI is InChI=1S/C21H26N2O4/c1-12(2)27-21(25)18-13(3)19(23-14(18)4)20(24)22-10-15-9-16-7-5-6-8-17(16)26-11-15/h5-8,12,15,23H,9-11H2,1-4H3,(H,22,24)/t15-/m1/s1. The predicted molar refractivity (Wildman–Crippen MR) is 102 cm³/mol. The van der Waals surface area contributed by atoms with E-state index in [1.807, 2.05) is 18.2 Å². The van der Waals surface area contributed by atoms with Crippen molar-refractivity contribution in [3.63, 3.8) is 0 Å². The molecular weight excluding hydrogens is 344 g/mol. The molecule has 1 aliphatic rings. The molecule has 0 unspecified atom stereocenters. The Hall–Kier alpha value is -2.76. The van der Waals surface area contributed by atoms with E-state index < -0.39 is 5.97 Å². The van der Waals surface area contributed by atoms with Crippen LogP contribution in [0.5, 0.6) is 5.75 Å². The number of carbonyl (C=O) groups is 2. The van der Waals surface area contributed by atoms with Gasteiger partial charge in [0.15, 0.2) is 0 Å². The summed E-state index contributed by atoms with van der Waals surface area (Å²) in [5.74, 6) is 0.500. The highest BCUT2D eigenvalue weighted by atomic mass is 16.5. The summed E-state index contributed by atoms with van der Waals surface area (Å²) in [7, 11) is 0. The Balaban J connectivity index is 1.64. The molecule has 2 heterocycles. The number of esters is 1. The number of aromatic nitrogens is 1. The molecule has 2 N–H and O–H groups in total. The normalized spacial score (nSPS) is 15.8. The Morgan fingerprint density at radius 1 is 1.30 bits per heavy atom. The van der Waals surface area contributed by atoms with Crippen molar-refractivity contribution < 1.29 is 19.1 Å². The van der Waals surface area contributed by atoms with Gasteiger partial charge in [-0.05, 0) is 51.3 Å². The molecule has 27 heavy (non-hydrogen) atoms. The zero-order chi connectivity index (χ0) is 19.6. The summed E-state index contributed by atoms with van der Waals surface area (Å²) in [6.45, 7) is 8.21. The summed E-state index contributed by atoms with van der Waals surface area (Å²) in [5, 5.41) is 2.96. The SMILES string of the molecule is Cc1[nH]c(C(=O)NC[C@@H]2COc3ccccc3C2)c(C)c1C(=O)OC(C)C. The number of aryl methyl sites for hydroxylation is 1. The minimum atomic E-state index is -0.410. The van der Waals surface area contributed by atoms with Gasteiger partial charge in [-0.3, -0.25) is 4.79 Å². The molecule has 0 saturated carbocycles. The lowest BCUT2D eigenvalue weighted by atomic mass is 9.96. The largest absolute Gasteiger partial charge is 0.493 e. The highest BCUT2D eigenvalue weighted by Crippen LogP contribution is 2.26. The molecule has 6 heteroatoms. The summed E-state index contributed by atoms with van der Waals surface area (Å²) in [5.41, 5.74) is 3.25. The lowest BCUT2D eigenvalue weighted by Gasteiger charge is -2.25. The fraction of sp³-hybridized carbons (Fsp3) is 0.429. The van der Waals surface area contributed by atoms with E-state index in [-0.39, 0.29) is 17.9 Å². The zero-order valence-electron chi connectivity index (χ0n) is 16.2. The van der Waals surface area contributed by atoms with Gasteiger partial charge in [-0.2, -0.15) is 0 Å². The molecule has 144 valence electrons. The molecule has 1 aliphatic heterocycles. The summed E-state index contributed by atoms with van der Waals surface area (Å²) in [4.78, 5) is 27.9. The van der Waals surface area contributed by atoms with Crippen molar-refractivity contribution in [1.29, 1.82) is 0 Å². The van der Waals surface area contributed by atoms with Crippen molar-refractivity contribution in [2.75, 3.05) is 13.2 Å². The van der Waals surface area contributed by atoms with Crippen LogP contribution in [0.2, 0.25) is 0 Å². The van der Waals surface area contributed by atoms with Crippen molar-refractivity contribution in [1.82, 2.24) is 10.3 Å². The molecule has 0 radical (unpaired) electrons. The number of amides is 1. The van der Waals surface area contributed by atoms with Crippen molar-refractivity contribution >= 4 is 11.9 Å². The summed E-state index contributed by atoms with van der Waals surface area (Å²) >= 11 is 0. The Bertz CT molecular complexity index is 854. The van der Waals surface area contributed by atoms with Gasteiger partial charge in [0.05, 0.1) is 18.3 Å². The van der Waals surface area contributed by atoms with E-state index in [0.717, 1.165) is 17.7 Å². The van der Waals surface area contributed by atoms with E-state index in [1.54, 1.807) is 27.7 Å². The molecule has 2 aromatic rings. The van der Waals surface area contributed by atoms with Gasteiger partial charge in [0.25, 0.3) is 5.91 Å². The molecule has 1 aromatic carbocycles. The second-order valence-electron chi connectivity index (χ2n) is 7.28. The maximum absolute atomic E-state index is 12.6. The molecule has 0 fully saturated rings. The van der Waals surface area contributed by atoms with Crippen molar-refractivity contribution in [3.8, 4) is 5.75 Å². The van der Waals surface area contributed by atoms with Crippen LogP contribution >= 0.6 is 0 Å². The summed E-state index contributed by atoms with van der Waals surface area (Å²) in [6, 6.07) is 7.96. The van der Waals surface area contributed by atoms with E-state index >= 15 is 0 Å². The van der Waals surface area contributed by atoms with E-state index in [2.05, 4.69) is 16.4 Å². The number of nitrogens with one attached hydrogen (secondary N) is 2. The topological polar surface area (TPSA) is 80.4 Å². The lowest BCUT2D eigenvalue weighted by molar-refractivity contribution is 0.0376. The number of para-hydroxylation sites is 1. The maximum Gasteiger partial charge on any atom is 0.340 e. The highest BCUT2D eigenvalue weighted by molar-refractivity contribution is 6.00. The molecule has 0 saturated heterocycles. The fourth-order valence-electron chi connectivity index (χ4n) is 3.40. The predicted octanol–water partition coefficient (Wildman–Crippen LogP) is 3.18. The number of H-pyrrole nitrogens is 1. The number of rotatable bonds is 5. The van der Waals surface area contributed by atoms with Crippen LogP contribution in [0.15, 0.2) is 24.3 Å². The molecule has 0 aliphatic carbocycles. The molecule has 0 spiro atoms. The van der Waals surface area contributed by atoms with Crippen molar-refractivity contribution in [3.05, 3.63) is 52.3 Å². The molecule has 6 nitrogen and oxygen atoms in total. The first-order valence-electron chi connectivity index (χ1n) is 9.25. The third-order valence-corrected chi connectivity index (χ3v) is 4.72. The third kappa shape index (κ3) is 4.15. The van der Waals surface area contributed by atoms with Gasteiger partial charge in [0.2, 0.25) is 0 Å². The average molecular weight is 370 g/mol. The Labute approximate surface area is 159 Å². The van der Waals surface area contributed by atoms with Crippen LogP contribution in [0.4, 0.5) is 0 Å². The summed E-state index contributed by atoms with van der Waals surface area (Å²) < 4.78 is 11.0. The molecule has 1 amide bonds. The first-order chi connectivity index (χ1) is 12.9. The third-order valence-electron chi connectivity index (χ3n) is 4.72. The van der Waals surface area contributed by atoms with Gasteiger partial charge in [0, 0.05) is 18.2 Å². The van der Waals surface area contributed by atoms with Crippen molar-refractivity contribution in [2.45, 2.75) is 40.2 Å². The molecule has 1 atom stereocenters.